The molecule has 0 heterocycles. The molecule has 0 atom stereocenters. The van der Waals surface area contributed by atoms with E-state index >= 15 is 0 Å². The molecule has 0 aliphatic heterocycles. The van der Waals surface area contributed by atoms with Crippen LogP contribution in [0.25, 0.3) is 0 Å². The van der Waals surface area contributed by atoms with Crippen LogP contribution >= 0.6 is 0 Å². The summed E-state index contributed by atoms with van der Waals surface area (Å²) in [6.45, 7) is 5.54. The molecule has 0 aliphatic carbocycles. The highest BCUT2D eigenvalue weighted by atomic mass is 16.6. The normalized spacial score (nSPS) is 11.1. The van der Waals surface area contributed by atoms with Gasteiger partial charge >= 0.3 is 0 Å². The van der Waals surface area contributed by atoms with Crippen molar-refractivity contribution in [2.75, 3.05) is 14.1 Å². The van der Waals surface area contributed by atoms with Crippen molar-refractivity contribution in [2.24, 2.45) is 0 Å². The van der Waals surface area contributed by atoms with Crippen LogP contribution in [0.1, 0.15) is 31.9 Å². The molecule has 0 amide bonds. The van der Waals surface area contributed by atoms with Gasteiger partial charge in [0.2, 0.25) is 0 Å². The van der Waals surface area contributed by atoms with E-state index in [1.54, 1.807) is 16.9 Å². The number of hydrogen-bond donors (Lipinski definition) is 0. The summed E-state index contributed by atoms with van der Waals surface area (Å²) in [5.41, 5.74) is 0.0878. The van der Waals surface area contributed by atoms with E-state index in [0.29, 0.717) is 17.5 Å². The minimum Gasteiger partial charge on any atom is -0.258 e. The molecular formula is C14H20N3O4+. The summed E-state index contributed by atoms with van der Waals surface area (Å²) in [7, 11) is 3.64. The first-order chi connectivity index (χ1) is 9.54. The Kier molecular flexibility index (Phi) is 4.77. The molecule has 0 aliphatic rings. The Morgan fingerprint density at radius 2 is 1.57 bits per heavy atom. The molecule has 0 bridgehead atoms. The van der Waals surface area contributed by atoms with Crippen molar-refractivity contribution in [3.8, 4) is 0 Å². The highest BCUT2D eigenvalue weighted by molar-refractivity contribution is 5.64. The van der Waals surface area contributed by atoms with E-state index in [4.69, 9.17) is 0 Å². The van der Waals surface area contributed by atoms with Crippen LogP contribution in [0.3, 0.4) is 0 Å². The Bertz CT molecular complexity index is 611. The Morgan fingerprint density at radius 3 is 1.95 bits per heavy atom. The smallest absolute Gasteiger partial charge is 0.258 e. The highest BCUT2D eigenvalue weighted by Crippen LogP contribution is 2.36. The number of nitro groups is 2. The van der Waals surface area contributed by atoms with Crippen LogP contribution in [0, 0.1) is 20.2 Å². The molecule has 0 unspecified atom stereocenters. The summed E-state index contributed by atoms with van der Waals surface area (Å²) in [6, 6.07) is 2.65. The lowest BCUT2D eigenvalue weighted by Crippen LogP contribution is -2.15. The first-order valence-electron chi connectivity index (χ1n) is 6.50. The summed E-state index contributed by atoms with van der Waals surface area (Å²) in [4.78, 5) is 21.2. The third-order valence-corrected chi connectivity index (χ3v) is 3.07. The van der Waals surface area contributed by atoms with E-state index in [-0.39, 0.29) is 11.4 Å². The van der Waals surface area contributed by atoms with Gasteiger partial charge in [0.05, 0.1) is 22.3 Å². The van der Waals surface area contributed by atoms with Gasteiger partial charge in [-0.25, -0.2) is 4.58 Å². The van der Waals surface area contributed by atoms with Gasteiger partial charge in [0.25, 0.3) is 11.4 Å². The Balaban J connectivity index is 3.59. The lowest BCUT2D eigenvalue weighted by molar-refractivity contribution is -0.460. The Hall–Kier alpha value is -2.31. The van der Waals surface area contributed by atoms with Gasteiger partial charge in [-0.3, -0.25) is 20.2 Å². The SMILES string of the molecule is C[N+](C)=CCc1cc(C(C)(C)C)c([N+](=O)[O-])cc1[N+](=O)[O-]. The lowest BCUT2D eigenvalue weighted by atomic mass is 9.84. The predicted molar refractivity (Wildman–Crippen MR) is 80.3 cm³/mol. The number of hydrogen-bond acceptors (Lipinski definition) is 4. The van der Waals surface area contributed by atoms with Crippen molar-refractivity contribution in [3.05, 3.63) is 43.5 Å². The summed E-state index contributed by atoms with van der Waals surface area (Å²) in [5.74, 6) is 0. The summed E-state index contributed by atoms with van der Waals surface area (Å²) >= 11 is 0. The maximum atomic E-state index is 11.2. The van der Waals surface area contributed by atoms with Gasteiger partial charge in [-0.15, -0.1) is 0 Å². The third-order valence-electron chi connectivity index (χ3n) is 3.07. The van der Waals surface area contributed by atoms with Gasteiger partial charge in [0.1, 0.15) is 20.3 Å². The van der Waals surface area contributed by atoms with Crippen LogP contribution < -0.4 is 0 Å². The van der Waals surface area contributed by atoms with Crippen LogP contribution in [0.4, 0.5) is 11.4 Å². The number of nitrogens with zero attached hydrogens (tertiary/aromatic N) is 3. The fourth-order valence-corrected chi connectivity index (χ4v) is 1.99. The molecule has 0 spiro atoms. The fraction of sp³-hybridized carbons (Fsp3) is 0.500. The van der Waals surface area contributed by atoms with Gasteiger partial charge < -0.3 is 0 Å². The molecule has 0 saturated heterocycles. The number of benzene rings is 1. The van der Waals surface area contributed by atoms with Crippen molar-refractivity contribution in [3.63, 3.8) is 0 Å². The second-order valence-corrected chi connectivity index (χ2v) is 6.11. The summed E-state index contributed by atoms with van der Waals surface area (Å²) < 4.78 is 1.79. The van der Waals surface area contributed by atoms with E-state index in [2.05, 4.69) is 0 Å². The van der Waals surface area contributed by atoms with Crippen LogP contribution in [-0.2, 0) is 11.8 Å². The van der Waals surface area contributed by atoms with Crippen molar-refractivity contribution < 1.29 is 14.4 Å². The maximum absolute atomic E-state index is 11.2. The van der Waals surface area contributed by atoms with Crippen molar-refractivity contribution in [1.82, 2.24) is 0 Å². The molecule has 1 aromatic carbocycles. The number of rotatable bonds is 4. The van der Waals surface area contributed by atoms with Crippen molar-refractivity contribution in [1.29, 1.82) is 0 Å². The van der Waals surface area contributed by atoms with Crippen LogP contribution in [0.2, 0.25) is 0 Å². The van der Waals surface area contributed by atoms with Crippen LogP contribution in [0.15, 0.2) is 12.1 Å². The molecule has 0 saturated carbocycles. The first-order valence-corrected chi connectivity index (χ1v) is 6.50. The molecule has 1 aromatic rings. The van der Waals surface area contributed by atoms with Gasteiger partial charge in [0, 0.05) is 11.1 Å². The van der Waals surface area contributed by atoms with Crippen LogP contribution in [0.5, 0.6) is 0 Å². The summed E-state index contributed by atoms with van der Waals surface area (Å²) in [6.07, 6.45) is 2.14. The molecule has 0 fully saturated rings. The number of nitro benzene ring substituents is 2. The molecule has 0 N–H and O–H groups in total. The van der Waals surface area contributed by atoms with Gasteiger partial charge in [-0.2, -0.15) is 0 Å². The Morgan fingerprint density at radius 1 is 1.05 bits per heavy atom. The second-order valence-electron chi connectivity index (χ2n) is 6.11. The highest BCUT2D eigenvalue weighted by Gasteiger charge is 2.30. The third kappa shape index (κ3) is 4.08. The monoisotopic (exact) mass is 294 g/mol. The molecule has 21 heavy (non-hydrogen) atoms. The van der Waals surface area contributed by atoms with E-state index in [0.717, 1.165) is 6.07 Å². The quantitative estimate of drug-likeness (QED) is 0.369. The molecule has 0 aromatic heterocycles. The second kappa shape index (κ2) is 5.99. The van der Waals surface area contributed by atoms with Crippen molar-refractivity contribution in [2.45, 2.75) is 32.6 Å². The minimum atomic E-state index is -0.571. The van der Waals surface area contributed by atoms with Gasteiger partial charge in [0.15, 0.2) is 0 Å². The average molecular weight is 294 g/mol. The minimum absolute atomic E-state index is 0.206. The van der Waals surface area contributed by atoms with E-state index in [1.165, 1.54) is 0 Å². The zero-order valence-corrected chi connectivity index (χ0v) is 12.9. The zero-order valence-electron chi connectivity index (χ0n) is 12.9. The summed E-state index contributed by atoms with van der Waals surface area (Å²) in [5, 5.41) is 22.3. The van der Waals surface area contributed by atoms with Crippen LogP contribution in [-0.4, -0.2) is 34.7 Å². The molecule has 114 valence electrons. The Labute approximate surface area is 123 Å². The topological polar surface area (TPSA) is 89.3 Å². The standard InChI is InChI=1S/C14H20N3O4/c1-14(2,3)11-8-10(6-7-15(4)5)12(16(18)19)9-13(11)17(20)21/h7-9H,6H2,1-5H3/q+1. The van der Waals surface area contributed by atoms with Gasteiger partial charge in [-0.05, 0) is 11.5 Å². The largest absolute Gasteiger partial charge is 0.280 e. The van der Waals surface area contributed by atoms with Gasteiger partial charge in [-0.1, -0.05) is 20.8 Å². The molecule has 7 heteroatoms. The molecule has 7 nitrogen and oxygen atoms in total. The van der Waals surface area contributed by atoms with E-state index in [9.17, 15) is 20.2 Å². The zero-order chi connectivity index (χ0) is 16.4. The maximum Gasteiger partial charge on any atom is 0.280 e. The van der Waals surface area contributed by atoms with E-state index < -0.39 is 15.3 Å². The predicted octanol–water partition coefficient (Wildman–Crippen LogP) is 2.69. The average Bonchev–Trinajstić information content (AvgIpc) is 2.33. The van der Waals surface area contributed by atoms with Crippen molar-refractivity contribution >= 4 is 17.6 Å². The molecule has 0 radical (unpaired) electrons. The molecule has 1 rings (SSSR count). The fourth-order valence-electron chi connectivity index (χ4n) is 1.99. The first kappa shape index (κ1) is 16.7. The molecular weight excluding hydrogens is 274 g/mol. The lowest BCUT2D eigenvalue weighted by Gasteiger charge is -2.19. The van der Waals surface area contributed by atoms with E-state index in [1.807, 2.05) is 34.9 Å².